The second-order valence-electron chi connectivity index (χ2n) is 27.7. The summed E-state index contributed by atoms with van der Waals surface area (Å²) in [5.74, 6) is 6.23. The Morgan fingerprint density at radius 2 is 0.685 bits per heavy atom. The van der Waals surface area contributed by atoms with Gasteiger partial charge >= 0.3 is 0 Å². The third-order valence-electron chi connectivity index (χ3n) is 20.6. The van der Waals surface area contributed by atoms with Gasteiger partial charge < -0.3 is 77.4 Å². The Bertz CT molecular complexity index is 5090. The lowest BCUT2D eigenvalue weighted by Gasteiger charge is -2.24. The molecule has 1 unspecified atom stereocenters. The average molecular weight is 1460 g/mol. The van der Waals surface area contributed by atoms with Gasteiger partial charge in [0.05, 0.1) is 55.2 Å². The number of aromatic nitrogens is 15. The summed E-state index contributed by atoms with van der Waals surface area (Å²) in [4.78, 5) is 82.2. The third kappa shape index (κ3) is 13.5. The Balaban J connectivity index is 0.000000124. The summed E-state index contributed by atoms with van der Waals surface area (Å²) < 4.78 is 22.1. The molecule has 18 heterocycles. The van der Waals surface area contributed by atoms with Crippen LogP contribution in [0.1, 0.15) is 88.0 Å². The molecular weight excluding hydrogens is 1380 g/mol. The Labute approximate surface area is 617 Å². The van der Waals surface area contributed by atoms with E-state index in [1.807, 2.05) is 75.4 Å². The summed E-state index contributed by atoms with van der Waals surface area (Å²) in [6.07, 6.45) is 12.1. The van der Waals surface area contributed by atoms with Crippen molar-refractivity contribution in [2.24, 2.45) is 0 Å². The van der Waals surface area contributed by atoms with Crippen LogP contribution in [0.4, 0.5) is 52.4 Å². The number of aliphatic hydroxyl groups excluding tert-OH is 3. The summed E-state index contributed by atoms with van der Waals surface area (Å²) in [5, 5.41) is 59.6. The molecule has 12 N–H and O–H groups in total. The zero-order valence-electron chi connectivity index (χ0n) is 60.1. The molecule has 12 aromatic heterocycles. The minimum Gasteiger partial charge on any atom is -0.477 e. The highest BCUT2D eigenvalue weighted by atomic mass is 16.5. The fourth-order valence-corrected chi connectivity index (χ4v) is 14.4. The van der Waals surface area contributed by atoms with E-state index >= 15 is 0 Å². The van der Waals surface area contributed by atoms with Crippen molar-refractivity contribution in [1.29, 1.82) is 0 Å². The number of amides is 3. The zero-order chi connectivity index (χ0) is 74.9. The minimum absolute atomic E-state index is 0.0359. The van der Waals surface area contributed by atoms with Gasteiger partial charge in [-0.25, -0.2) is 44.9 Å². The third-order valence-corrected chi connectivity index (χ3v) is 20.6. The first kappa shape index (κ1) is 69.6. The minimum atomic E-state index is -0.625. The molecule has 12 aromatic rings. The lowest BCUT2D eigenvalue weighted by Crippen LogP contribution is -2.29. The first-order chi connectivity index (χ1) is 52.1. The van der Waals surface area contributed by atoms with Gasteiger partial charge in [-0.05, 0) is 90.0 Å². The fourth-order valence-electron chi connectivity index (χ4n) is 14.4. The van der Waals surface area contributed by atoms with Crippen molar-refractivity contribution in [2.45, 2.75) is 97.2 Å². The molecular formula is C75H78N24O9. The summed E-state index contributed by atoms with van der Waals surface area (Å²) >= 11 is 0. The van der Waals surface area contributed by atoms with Crippen LogP contribution in [0.2, 0.25) is 0 Å². The Kier molecular flexibility index (Phi) is 18.2. The molecule has 3 amide bonds. The van der Waals surface area contributed by atoms with E-state index in [9.17, 15) is 29.7 Å². The van der Waals surface area contributed by atoms with E-state index in [1.54, 1.807) is 87.1 Å². The molecule has 552 valence electrons. The van der Waals surface area contributed by atoms with E-state index in [1.165, 1.54) is 0 Å². The van der Waals surface area contributed by atoms with Crippen LogP contribution in [-0.4, -0.2) is 183 Å². The summed E-state index contributed by atoms with van der Waals surface area (Å²) in [5.41, 5.74) is 30.9. The van der Waals surface area contributed by atoms with Gasteiger partial charge in [0.1, 0.15) is 54.5 Å². The molecule has 18 rings (SSSR count). The number of carbonyl (C=O) groups is 3. The van der Waals surface area contributed by atoms with Crippen LogP contribution in [0, 0.1) is 20.8 Å². The molecule has 0 saturated carbocycles. The van der Waals surface area contributed by atoms with E-state index in [0.717, 1.165) is 102 Å². The van der Waals surface area contributed by atoms with Crippen molar-refractivity contribution in [3.8, 4) is 51.4 Å². The van der Waals surface area contributed by atoms with Crippen molar-refractivity contribution < 1.29 is 43.9 Å². The number of nitrogens with two attached hydrogens (primary N) is 3. The summed E-state index contributed by atoms with van der Waals surface area (Å²) in [6, 6.07) is 17.3. The van der Waals surface area contributed by atoms with Gasteiger partial charge in [-0.2, -0.15) is 15.3 Å². The number of fused-ring (bicyclic) bond motifs is 9. The Morgan fingerprint density at radius 1 is 0.398 bits per heavy atom. The van der Waals surface area contributed by atoms with E-state index in [4.69, 9.17) is 31.4 Å². The normalized spacial score (nSPS) is 17.4. The second-order valence-corrected chi connectivity index (χ2v) is 27.7. The van der Waals surface area contributed by atoms with Gasteiger partial charge in [0.25, 0.3) is 0 Å². The molecule has 0 spiro atoms. The smallest absolute Gasteiger partial charge is 0.244 e. The van der Waals surface area contributed by atoms with Crippen molar-refractivity contribution in [1.82, 2.24) is 88.9 Å². The topological polar surface area (TPSA) is 433 Å². The lowest BCUT2D eigenvalue weighted by atomic mass is 9.95. The molecule has 6 aliphatic heterocycles. The van der Waals surface area contributed by atoms with Crippen LogP contribution in [-0.2, 0) is 53.3 Å². The highest BCUT2D eigenvalue weighted by Gasteiger charge is 2.31. The van der Waals surface area contributed by atoms with E-state index in [2.05, 4.69) is 76.1 Å². The van der Waals surface area contributed by atoms with Gasteiger partial charge in [0.2, 0.25) is 35.4 Å². The molecule has 33 nitrogen and oxygen atoms in total. The number of likely N-dealkylation sites (N-methyl/N-ethyl adjacent to an activating group) is 3. The number of aliphatic hydroxyl groups is 3. The number of hydrogen-bond acceptors (Lipinski definition) is 27. The van der Waals surface area contributed by atoms with Gasteiger partial charge in [0, 0.05) is 201 Å². The van der Waals surface area contributed by atoms with Crippen molar-refractivity contribution in [3.63, 3.8) is 0 Å². The van der Waals surface area contributed by atoms with E-state index in [-0.39, 0.29) is 37.4 Å². The molecule has 3 atom stereocenters. The van der Waals surface area contributed by atoms with Crippen LogP contribution in [0.15, 0.2) is 91.8 Å². The number of anilines is 9. The maximum Gasteiger partial charge on any atom is 0.244 e. The van der Waals surface area contributed by atoms with Crippen LogP contribution >= 0.6 is 0 Å². The Hall–Kier alpha value is -12.8. The molecule has 108 heavy (non-hydrogen) atoms. The van der Waals surface area contributed by atoms with Gasteiger partial charge in [0.15, 0.2) is 17.5 Å². The quantitative estimate of drug-likeness (QED) is 0.0698. The standard InChI is InChI=1S/3C25H26N8O3/c3*1-13-16(10-28-25-23(13)19(34)4-6-36-25)18-7-14-8-20(27-11-17(14)24(26)29-18)30-21-9-15-3-5-32(2)22(35)12-33(15)31-21/h3*7-11,19,34H,3-6,12H2,1-2H3,(H2,26,29)(H,27,30,31)/t2*19-;/m10./s1. The lowest BCUT2D eigenvalue weighted by molar-refractivity contribution is -0.131. The summed E-state index contributed by atoms with van der Waals surface area (Å²) in [7, 11) is 5.41. The maximum atomic E-state index is 12.2. The first-order valence-electron chi connectivity index (χ1n) is 35.5. The highest BCUT2D eigenvalue weighted by molar-refractivity contribution is 5.97. The highest BCUT2D eigenvalue weighted by Crippen LogP contribution is 2.42. The van der Waals surface area contributed by atoms with E-state index < -0.39 is 18.3 Å². The molecule has 0 aliphatic carbocycles. The molecule has 6 aliphatic rings. The van der Waals surface area contributed by atoms with Crippen molar-refractivity contribution in [2.75, 3.05) is 93.7 Å². The number of rotatable bonds is 9. The number of carbonyl (C=O) groups excluding carboxylic acids is 3. The predicted octanol–water partition coefficient (Wildman–Crippen LogP) is 7.06. The molecule has 0 aromatic carbocycles. The zero-order valence-corrected chi connectivity index (χ0v) is 60.1. The largest absolute Gasteiger partial charge is 0.477 e. The number of nitrogens with one attached hydrogen (secondary N) is 3. The van der Waals surface area contributed by atoms with Crippen LogP contribution in [0.5, 0.6) is 17.6 Å². The number of ether oxygens (including phenoxy) is 3. The van der Waals surface area contributed by atoms with Crippen LogP contribution < -0.4 is 47.4 Å². The molecule has 0 bridgehead atoms. The van der Waals surface area contributed by atoms with Crippen molar-refractivity contribution in [3.05, 3.63) is 142 Å². The van der Waals surface area contributed by atoms with Gasteiger partial charge in [-0.3, -0.25) is 28.4 Å². The molecule has 0 fully saturated rings. The number of pyridine rings is 9. The fraction of sp³-hybridized carbons (Fsp3) is 0.320. The predicted molar refractivity (Wildman–Crippen MR) is 402 cm³/mol. The monoisotopic (exact) mass is 1460 g/mol. The number of nitrogens with zero attached hydrogens (tertiary/aromatic N) is 18. The van der Waals surface area contributed by atoms with Crippen LogP contribution in [0.3, 0.4) is 0 Å². The molecule has 0 saturated heterocycles. The second kappa shape index (κ2) is 28.3. The van der Waals surface area contributed by atoms with Crippen LogP contribution in [0.25, 0.3) is 66.1 Å². The van der Waals surface area contributed by atoms with E-state index in [0.29, 0.717) is 162 Å². The number of hydrogen-bond donors (Lipinski definition) is 9. The average Bonchev–Trinajstić information content (AvgIpc) is 1.59. The summed E-state index contributed by atoms with van der Waals surface area (Å²) in [6.45, 7) is 9.76. The van der Waals surface area contributed by atoms with Crippen molar-refractivity contribution >= 4 is 102 Å². The van der Waals surface area contributed by atoms with Gasteiger partial charge in [-0.15, -0.1) is 0 Å². The first-order valence-corrected chi connectivity index (χ1v) is 35.5. The molecule has 0 radical (unpaired) electrons. The number of nitrogen functional groups attached to an aromatic ring is 3. The van der Waals surface area contributed by atoms with Gasteiger partial charge in [-0.1, -0.05) is 0 Å². The molecule has 33 heteroatoms. The maximum absolute atomic E-state index is 12.2. The Morgan fingerprint density at radius 3 is 0.972 bits per heavy atom. The SMILES string of the molecule is Cc1c(-c2cc3cc(Nc4cc5n(n4)CC(=O)N(C)CC5)ncc3c(N)n2)cnc2c1C(O)CCO2.Cc1c(-c2cc3cc(Nc4cc5n(n4)CC(=O)N(C)CC5)ncc3c(N)n2)cnc2c1[C@@H](O)CCO2.Cc1c(-c2cc3cc(Nc4cc5n(n4)CC(=O)N(C)CC5)ncc3c(N)n2)cnc2c1[C@H](O)CCO2.